The SMILES string of the molecule is CC1(C)O[C@H]2CC(=O)OC[C@]23[C@H]2CC[C@@]4(C)[C@@H](c5ccoc5)OC(=O)[C@H]5O[C@]54[C@]2(C)C(=O)C[C@@H]13. The van der Waals surface area contributed by atoms with Crippen LogP contribution in [0.4, 0.5) is 0 Å². The molecule has 0 radical (unpaired) electrons. The van der Waals surface area contributed by atoms with Crippen LogP contribution in [0.1, 0.15) is 65.0 Å². The van der Waals surface area contributed by atoms with E-state index in [2.05, 4.69) is 6.92 Å². The van der Waals surface area contributed by atoms with Gasteiger partial charge in [0.15, 0.2) is 6.10 Å². The molecule has 2 aliphatic carbocycles. The number of ketones is 1. The number of hydrogen-bond donors (Lipinski definition) is 0. The summed E-state index contributed by atoms with van der Waals surface area (Å²) in [5.74, 6) is -0.780. The molecule has 1 aromatic heterocycles. The molecule has 8 heteroatoms. The van der Waals surface area contributed by atoms with Gasteiger partial charge in [-0.15, -0.1) is 0 Å². The maximum absolute atomic E-state index is 14.2. The first-order valence-electron chi connectivity index (χ1n) is 12.3. The van der Waals surface area contributed by atoms with Crippen LogP contribution in [0.15, 0.2) is 23.0 Å². The summed E-state index contributed by atoms with van der Waals surface area (Å²) in [6, 6.07) is 1.81. The molecule has 8 nitrogen and oxygen atoms in total. The number of rotatable bonds is 1. The summed E-state index contributed by atoms with van der Waals surface area (Å²) >= 11 is 0. The van der Waals surface area contributed by atoms with Crippen LogP contribution in [0, 0.1) is 28.1 Å². The first-order valence-corrected chi connectivity index (χ1v) is 12.3. The van der Waals surface area contributed by atoms with Gasteiger partial charge in [-0.05, 0) is 45.6 Å². The highest BCUT2D eigenvalue weighted by Gasteiger charge is 2.89. The minimum Gasteiger partial charge on any atom is -0.472 e. The summed E-state index contributed by atoms with van der Waals surface area (Å²) in [5.41, 5.74) is -2.78. The van der Waals surface area contributed by atoms with Gasteiger partial charge in [-0.3, -0.25) is 9.59 Å². The van der Waals surface area contributed by atoms with Crippen molar-refractivity contribution in [3.8, 4) is 0 Å². The number of Topliss-reactive ketones (excluding diaryl/α,β-unsaturated/α-hetero) is 1. The van der Waals surface area contributed by atoms with Gasteiger partial charge >= 0.3 is 11.9 Å². The van der Waals surface area contributed by atoms with Crippen molar-refractivity contribution in [2.45, 2.75) is 82.9 Å². The van der Waals surface area contributed by atoms with E-state index in [1.807, 2.05) is 26.8 Å². The van der Waals surface area contributed by atoms with Crippen molar-refractivity contribution < 1.29 is 37.7 Å². The van der Waals surface area contributed by atoms with E-state index in [9.17, 15) is 14.4 Å². The van der Waals surface area contributed by atoms with Crippen molar-refractivity contribution in [1.82, 2.24) is 0 Å². The molecule has 6 fully saturated rings. The van der Waals surface area contributed by atoms with Gasteiger partial charge in [0.05, 0.1) is 36.1 Å². The highest BCUT2D eigenvalue weighted by Crippen LogP contribution is 2.79. The number of fused-ring (bicyclic) bond motifs is 1. The summed E-state index contributed by atoms with van der Waals surface area (Å²) in [5, 5.41) is 0. The Balaban J connectivity index is 1.41. The van der Waals surface area contributed by atoms with Crippen LogP contribution in [-0.2, 0) is 33.3 Å². The maximum atomic E-state index is 14.2. The molecule has 0 amide bonds. The Morgan fingerprint density at radius 2 is 1.76 bits per heavy atom. The van der Waals surface area contributed by atoms with E-state index in [0.29, 0.717) is 12.8 Å². The monoisotopic (exact) mass is 470 g/mol. The number of epoxide rings is 1. The van der Waals surface area contributed by atoms with E-state index in [-0.39, 0.29) is 42.7 Å². The quantitative estimate of drug-likeness (QED) is 0.455. The summed E-state index contributed by atoms with van der Waals surface area (Å²) in [6.45, 7) is 8.36. The molecule has 182 valence electrons. The van der Waals surface area contributed by atoms with E-state index in [4.69, 9.17) is 23.4 Å². The second kappa shape index (κ2) is 5.95. The lowest BCUT2D eigenvalue weighted by Crippen LogP contribution is -2.72. The second-order valence-electron chi connectivity index (χ2n) is 12.2. The zero-order chi connectivity index (χ0) is 23.9. The average Bonchev–Trinajstić information content (AvgIpc) is 3.26. The third kappa shape index (κ3) is 2.02. The fraction of sp³-hybridized carbons (Fsp3) is 0.731. The minimum atomic E-state index is -0.976. The average molecular weight is 471 g/mol. The maximum Gasteiger partial charge on any atom is 0.339 e. The number of cyclic esters (lactones) is 2. The van der Waals surface area contributed by atoms with Gasteiger partial charge in [0, 0.05) is 28.7 Å². The normalized spacial score (nSPS) is 52.4. The molecular formula is C26H30O8. The smallest absolute Gasteiger partial charge is 0.339 e. The number of carbonyl (C=O) groups is 3. The Labute approximate surface area is 197 Å². The molecule has 34 heavy (non-hydrogen) atoms. The summed E-state index contributed by atoms with van der Waals surface area (Å²) in [6.07, 6.45) is 3.46. The van der Waals surface area contributed by atoms with Crippen molar-refractivity contribution >= 4 is 17.7 Å². The first-order chi connectivity index (χ1) is 16.0. The summed E-state index contributed by atoms with van der Waals surface area (Å²) in [4.78, 5) is 39.7. The fourth-order valence-corrected chi connectivity index (χ4v) is 9.34. The van der Waals surface area contributed by atoms with Crippen LogP contribution >= 0.6 is 0 Å². The van der Waals surface area contributed by atoms with Crippen LogP contribution in [0.2, 0.25) is 0 Å². The Kier molecular flexibility index (Phi) is 3.70. The molecule has 2 spiro atoms. The third-order valence-corrected chi connectivity index (χ3v) is 10.7. The number of carbonyl (C=O) groups excluding carboxylic acids is 3. The lowest BCUT2D eigenvalue weighted by Gasteiger charge is -2.65. The molecule has 0 aromatic carbocycles. The van der Waals surface area contributed by atoms with Gasteiger partial charge in [-0.1, -0.05) is 6.92 Å². The Morgan fingerprint density at radius 3 is 2.50 bits per heavy atom. The topological polar surface area (TPSA) is 105 Å². The molecule has 4 aliphatic heterocycles. The van der Waals surface area contributed by atoms with Crippen LogP contribution in [0.25, 0.3) is 0 Å². The summed E-state index contributed by atoms with van der Waals surface area (Å²) in [7, 11) is 0. The van der Waals surface area contributed by atoms with Crippen molar-refractivity contribution in [2.24, 2.45) is 28.1 Å². The van der Waals surface area contributed by atoms with Gasteiger partial charge in [0.1, 0.15) is 24.1 Å². The Morgan fingerprint density at radius 1 is 0.971 bits per heavy atom. The predicted molar refractivity (Wildman–Crippen MR) is 114 cm³/mol. The largest absolute Gasteiger partial charge is 0.472 e. The van der Waals surface area contributed by atoms with E-state index in [1.165, 1.54) is 0 Å². The van der Waals surface area contributed by atoms with Gasteiger partial charge < -0.3 is 23.4 Å². The highest BCUT2D eigenvalue weighted by atomic mass is 16.7. The zero-order valence-electron chi connectivity index (χ0n) is 19.9. The molecule has 5 heterocycles. The Hall–Kier alpha value is -2.19. The predicted octanol–water partition coefficient (Wildman–Crippen LogP) is 3.14. The van der Waals surface area contributed by atoms with Crippen LogP contribution in [0.5, 0.6) is 0 Å². The van der Waals surface area contributed by atoms with Gasteiger partial charge in [-0.2, -0.15) is 0 Å². The molecule has 7 rings (SSSR count). The Bertz CT molecular complexity index is 1120. The number of hydrogen-bond acceptors (Lipinski definition) is 8. The number of furan rings is 1. The van der Waals surface area contributed by atoms with Crippen LogP contribution < -0.4 is 0 Å². The first kappa shape index (κ1) is 21.1. The molecular weight excluding hydrogens is 440 g/mol. The molecule has 2 saturated carbocycles. The molecule has 0 N–H and O–H groups in total. The van der Waals surface area contributed by atoms with E-state index >= 15 is 0 Å². The van der Waals surface area contributed by atoms with Gasteiger partial charge in [-0.25, -0.2) is 4.79 Å². The van der Waals surface area contributed by atoms with Crippen molar-refractivity contribution in [2.75, 3.05) is 6.61 Å². The zero-order valence-corrected chi connectivity index (χ0v) is 19.9. The molecule has 0 unspecified atom stereocenters. The lowest BCUT2D eigenvalue weighted by molar-refractivity contribution is -0.225. The lowest BCUT2D eigenvalue weighted by atomic mass is 9.37. The van der Waals surface area contributed by atoms with E-state index in [1.54, 1.807) is 12.5 Å². The molecule has 0 bridgehead atoms. The third-order valence-electron chi connectivity index (χ3n) is 10.7. The van der Waals surface area contributed by atoms with Gasteiger partial charge in [0.25, 0.3) is 0 Å². The van der Waals surface area contributed by atoms with E-state index in [0.717, 1.165) is 12.0 Å². The molecule has 4 saturated heterocycles. The summed E-state index contributed by atoms with van der Waals surface area (Å²) < 4.78 is 29.8. The number of ether oxygens (including phenoxy) is 4. The highest BCUT2D eigenvalue weighted by molar-refractivity contribution is 5.93. The van der Waals surface area contributed by atoms with Crippen molar-refractivity contribution in [3.05, 3.63) is 24.2 Å². The van der Waals surface area contributed by atoms with Crippen molar-refractivity contribution in [3.63, 3.8) is 0 Å². The fourth-order valence-electron chi connectivity index (χ4n) is 9.34. The van der Waals surface area contributed by atoms with E-state index < -0.39 is 45.6 Å². The molecule has 6 aliphatic rings. The standard InChI is InChI=1S/C26H30O8/c1-22(2)15-9-16(27)24(4)14(25(15)12-31-18(28)10-17(25)33-22)5-7-23(3)19(13-6-8-30-11-13)32-21(29)20-26(23,24)34-20/h6,8,11,14-15,17,19-20H,5,7,9-10,12H2,1-4H3/t14-,15-,17-,19+,20+,23-,24-,25+,26+/m0/s1. The van der Waals surface area contributed by atoms with Gasteiger partial charge in [0.2, 0.25) is 0 Å². The number of esters is 2. The van der Waals surface area contributed by atoms with Crippen LogP contribution in [0.3, 0.4) is 0 Å². The molecule has 1 aromatic rings. The second-order valence-corrected chi connectivity index (χ2v) is 12.2. The van der Waals surface area contributed by atoms with Crippen LogP contribution in [-0.4, -0.2) is 47.7 Å². The molecule has 9 atom stereocenters. The minimum absolute atomic E-state index is 0.0677. The van der Waals surface area contributed by atoms with Crippen molar-refractivity contribution in [1.29, 1.82) is 0 Å².